The monoisotopic (exact) mass is 465 g/mol. The number of non-ortho nitro benzene ring substituents is 1. The van der Waals surface area contributed by atoms with Crippen LogP contribution in [0.3, 0.4) is 0 Å². The predicted octanol–water partition coefficient (Wildman–Crippen LogP) is 3.63. The largest absolute Gasteiger partial charge is 0.329 e. The van der Waals surface area contributed by atoms with Crippen molar-refractivity contribution in [2.45, 2.75) is 5.25 Å². The molecule has 12 heteroatoms. The second-order valence-electron chi connectivity index (χ2n) is 6.78. The Hall–Kier alpha value is -3.83. The number of nitrogens with zero attached hydrogens (tertiary/aromatic N) is 6. The number of thiol groups is 1. The zero-order valence-electron chi connectivity index (χ0n) is 16.0. The molecule has 0 aliphatic carbocycles. The van der Waals surface area contributed by atoms with E-state index < -0.39 is 15.7 Å². The molecule has 158 valence electrons. The summed E-state index contributed by atoms with van der Waals surface area (Å²) in [5.41, 5.74) is 1.31. The lowest BCUT2D eigenvalue weighted by Crippen LogP contribution is -2.25. The van der Waals surface area contributed by atoms with Crippen molar-refractivity contribution >= 4 is 52.0 Å². The van der Waals surface area contributed by atoms with Gasteiger partial charge in [0, 0.05) is 12.1 Å². The average Bonchev–Trinajstić information content (AvgIpc) is 3.28. The maximum absolute atomic E-state index is 13.5. The zero-order valence-corrected chi connectivity index (χ0v) is 17.7. The minimum atomic E-state index is -0.823. The first-order valence-electron chi connectivity index (χ1n) is 9.23. The van der Waals surface area contributed by atoms with Crippen molar-refractivity contribution in [1.82, 2.24) is 29.5 Å². The molecule has 3 heterocycles. The Balaban J connectivity index is 1.86. The van der Waals surface area contributed by atoms with Gasteiger partial charge in [0.05, 0.1) is 38.6 Å². The number of hydrogen-bond donors (Lipinski definition) is 2. The van der Waals surface area contributed by atoms with Crippen molar-refractivity contribution in [3.8, 4) is 5.69 Å². The Morgan fingerprint density at radius 1 is 1.16 bits per heavy atom. The molecule has 0 radical (unpaired) electrons. The van der Waals surface area contributed by atoms with Gasteiger partial charge in [0.2, 0.25) is 0 Å². The molecule has 2 aromatic carbocycles. The van der Waals surface area contributed by atoms with Crippen LogP contribution in [-0.2, 0) is 0 Å². The van der Waals surface area contributed by atoms with E-state index in [1.807, 2.05) is 0 Å². The molecular weight excluding hydrogens is 454 g/mol. The van der Waals surface area contributed by atoms with Gasteiger partial charge in [-0.05, 0) is 18.2 Å². The highest BCUT2D eigenvalue weighted by molar-refractivity contribution is 7.80. The Bertz CT molecular complexity index is 1580. The van der Waals surface area contributed by atoms with E-state index in [2.05, 4.69) is 24.9 Å². The van der Waals surface area contributed by atoms with Gasteiger partial charge in [0.25, 0.3) is 11.2 Å². The lowest BCUT2D eigenvalue weighted by Gasteiger charge is -2.18. The minimum Gasteiger partial charge on any atom is -0.329 e. The Morgan fingerprint density at radius 3 is 2.75 bits per heavy atom. The van der Waals surface area contributed by atoms with E-state index in [0.29, 0.717) is 27.6 Å². The number of aromatic nitrogens is 6. The first-order chi connectivity index (χ1) is 15.5. The van der Waals surface area contributed by atoms with Crippen molar-refractivity contribution in [1.29, 1.82) is 0 Å². The highest BCUT2D eigenvalue weighted by atomic mass is 35.5. The van der Waals surface area contributed by atoms with Crippen LogP contribution in [0.25, 0.3) is 27.8 Å². The summed E-state index contributed by atoms with van der Waals surface area (Å²) in [5, 5.41) is 11.0. The highest BCUT2D eigenvalue weighted by Crippen LogP contribution is 2.32. The molecule has 0 amide bonds. The topological polar surface area (TPSA) is 132 Å². The van der Waals surface area contributed by atoms with E-state index in [4.69, 9.17) is 24.2 Å². The molecule has 1 unspecified atom stereocenters. The van der Waals surface area contributed by atoms with Gasteiger partial charge in [-0.3, -0.25) is 19.5 Å². The fourth-order valence-electron chi connectivity index (χ4n) is 3.46. The normalized spacial score (nSPS) is 12.3. The van der Waals surface area contributed by atoms with Crippen molar-refractivity contribution < 1.29 is 4.92 Å². The van der Waals surface area contributed by atoms with Crippen LogP contribution in [-0.4, -0.2) is 34.4 Å². The molecule has 0 aliphatic heterocycles. The number of nitrogens with one attached hydrogen (secondary N) is 1. The van der Waals surface area contributed by atoms with Gasteiger partial charge in [0.15, 0.2) is 5.65 Å². The SMILES string of the molecule is O=c1c2ccc([N+](=O)[O-])cc2nc(C(S)c2ncnc3[nH]cnc23)n1-c1ccccc1Cl. The molecule has 10 nitrogen and oxygen atoms in total. The summed E-state index contributed by atoms with van der Waals surface area (Å²) in [4.78, 5) is 44.4. The number of nitro benzene ring substituents is 1. The maximum atomic E-state index is 13.5. The summed E-state index contributed by atoms with van der Waals surface area (Å²) in [6, 6.07) is 10.7. The van der Waals surface area contributed by atoms with Gasteiger partial charge < -0.3 is 4.98 Å². The lowest BCUT2D eigenvalue weighted by molar-refractivity contribution is -0.384. The summed E-state index contributed by atoms with van der Waals surface area (Å²) in [6.45, 7) is 0. The standard InChI is InChI=1S/C20H12ClN7O3S/c21-12-3-1-2-4-14(12)27-19(17(32)15-16-18(24-8-22-15)25-9-23-16)26-13-7-10(28(30)31)5-6-11(13)20(27)29/h1-9,17,32H,(H,22,23,24,25). The van der Waals surface area contributed by atoms with E-state index in [0.717, 1.165) is 0 Å². The highest BCUT2D eigenvalue weighted by Gasteiger charge is 2.25. The molecule has 0 bridgehead atoms. The molecule has 5 rings (SSSR count). The molecular formula is C20H12ClN7O3S. The third kappa shape index (κ3) is 3.18. The smallest absolute Gasteiger partial charge is 0.271 e. The van der Waals surface area contributed by atoms with E-state index >= 15 is 0 Å². The molecule has 3 aromatic heterocycles. The number of benzene rings is 2. The summed E-state index contributed by atoms with van der Waals surface area (Å²) in [6.07, 6.45) is 2.82. The summed E-state index contributed by atoms with van der Waals surface area (Å²) in [5.74, 6) is 0.183. The van der Waals surface area contributed by atoms with Crippen LogP contribution in [0.4, 0.5) is 5.69 Å². The average molecular weight is 466 g/mol. The van der Waals surface area contributed by atoms with Crippen molar-refractivity contribution in [2.24, 2.45) is 0 Å². The molecule has 1 atom stereocenters. The van der Waals surface area contributed by atoms with E-state index in [-0.39, 0.29) is 22.4 Å². The Labute approximate surface area is 189 Å². The molecule has 5 aromatic rings. The molecule has 0 saturated heterocycles. The fraction of sp³-hybridized carbons (Fsp3) is 0.0500. The molecule has 0 saturated carbocycles. The predicted molar refractivity (Wildman–Crippen MR) is 122 cm³/mol. The molecule has 0 fully saturated rings. The van der Waals surface area contributed by atoms with Crippen LogP contribution < -0.4 is 5.56 Å². The van der Waals surface area contributed by atoms with Gasteiger partial charge in [-0.15, -0.1) is 0 Å². The van der Waals surface area contributed by atoms with Crippen LogP contribution in [0.5, 0.6) is 0 Å². The number of imidazole rings is 1. The lowest BCUT2D eigenvalue weighted by atomic mass is 10.1. The van der Waals surface area contributed by atoms with Crippen LogP contribution in [0.15, 0.2) is 59.9 Å². The number of nitro groups is 1. The third-order valence-electron chi connectivity index (χ3n) is 4.93. The number of rotatable bonds is 4. The summed E-state index contributed by atoms with van der Waals surface area (Å²) in [7, 11) is 0. The molecule has 1 N–H and O–H groups in total. The van der Waals surface area contributed by atoms with Crippen molar-refractivity contribution in [3.63, 3.8) is 0 Å². The van der Waals surface area contributed by atoms with E-state index in [9.17, 15) is 14.9 Å². The number of halogens is 1. The van der Waals surface area contributed by atoms with E-state index in [1.54, 1.807) is 24.3 Å². The van der Waals surface area contributed by atoms with Crippen molar-refractivity contribution in [3.05, 3.63) is 92.1 Å². The molecule has 0 aliphatic rings. The number of H-pyrrole nitrogens is 1. The fourth-order valence-corrected chi connectivity index (χ4v) is 4.04. The van der Waals surface area contributed by atoms with Gasteiger partial charge in [-0.25, -0.2) is 19.9 Å². The zero-order chi connectivity index (χ0) is 22.4. The van der Waals surface area contributed by atoms with Crippen LogP contribution >= 0.6 is 24.2 Å². The molecule has 32 heavy (non-hydrogen) atoms. The number of hydrogen-bond acceptors (Lipinski definition) is 8. The van der Waals surface area contributed by atoms with Crippen LogP contribution in [0.1, 0.15) is 16.8 Å². The first kappa shape index (κ1) is 20.1. The Kier molecular flexibility index (Phi) is 4.83. The number of fused-ring (bicyclic) bond motifs is 2. The maximum Gasteiger partial charge on any atom is 0.271 e. The Morgan fingerprint density at radius 2 is 1.97 bits per heavy atom. The quantitative estimate of drug-likeness (QED) is 0.235. The van der Waals surface area contributed by atoms with Crippen molar-refractivity contribution in [2.75, 3.05) is 0 Å². The second kappa shape index (κ2) is 7.70. The van der Waals surface area contributed by atoms with Gasteiger partial charge >= 0.3 is 0 Å². The second-order valence-corrected chi connectivity index (χ2v) is 7.71. The summed E-state index contributed by atoms with van der Waals surface area (Å²) >= 11 is 11.1. The van der Waals surface area contributed by atoms with Gasteiger partial charge in [-0.1, -0.05) is 23.7 Å². The van der Waals surface area contributed by atoms with Crippen LogP contribution in [0.2, 0.25) is 5.02 Å². The van der Waals surface area contributed by atoms with E-state index in [1.165, 1.54) is 35.4 Å². The number of aromatic amines is 1. The van der Waals surface area contributed by atoms with Gasteiger partial charge in [0.1, 0.15) is 22.9 Å². The minimum absolute atomic E-state index is 0.161. The molecule has 0 spiro atoms. The van der Waals surface area contributed by atoms with Crippen LogP contribution in [0, 0.1) is 10.1 Å². The first-order valence-corrected chi connectivity index (χ1v) is 10.1. The summed E-state index contributed by atoms with van der Waals surface area (Å²) < 4.78 is 1.34. The van der Waals surface area contributed by atoms with Gasteiger partial charge in [-0.2, -0.15) is 12.6 Å². The number of para-hydroxylation sites is 1. The third-order valence-corrected chi connectivity index (χ3v) is 5.73.